The van der Waals surface area contributed by atoms with E-state index in [4.69, 9.17) is 20.9 Å². The van der Waals surface area contributed by atoms with Crippen molar-refractivity contribution in [3.63, 3.8) is 0 Å². The van der Waals surface area contributed by atoms with Crippen LogP contribution in [0.1, 0.15) is 53.5 Å². The van der Waals surface area contributed by atoms with Crippen LogP contribution in [0.15, 0.2) is 30.5 Å². The zero-order chi connectivity index (χ0) is 24.8. The molecule has 2 rings (SSSR count). The fourth-order valence-corrected chi connectivity index (χ4v) is 3.39. The third kappa shape index (κ3) is 7.40. The second-order valence-corrected chi connectivity index (χ2v) is 9.63. The zero-order valence-electron chi connectivity index (χ0n) is 20.1. The van der Waals surface area contributed by atoms with E-state index >= 15 is 0 Å². The van der Waals surface area contributed by atoms with Gasteiger partial charge in [0.1, 0.15) is 35.3 Å². The van der Waals surface area contributed by atoms with Crippen molar-refractivity contribution in [1.29, 1.82) is 5.26 Å². The molecule has 1 heterocycles. The summed E-state index contributed by atoms with van der Waals surface area (Å²) in [6, 6.07) is 12.0. The molecule has 0 saturated carbocycles. The smallest absolute Gasteiger partial charge is 0.490 e. The lowest BCUT2D eigenvalue weighted by molar-refractivity contribution is 0.0663. The summed E-state index contributed by atoms with van der Waals surface area (Å²) in [6.07, 6.45) is 1.54. The number of hydrogen-bond acceptors (Lipinski definition) is 7. The van der Waals surface area contributed by atoms with Crippen LogP contribution in [0.4, 0.5) is 16.3 Å². The Morgan fingerprint density at radius 3 is 2.52 bits per heavy atom. The highest BCUT2D eigenvalue weighted by atomic mass is 16.6. The average molecular weight is 451 g/mol. The molecule has 0 aliphatic carbocycles. The molecule has 1 aromatic carbocycles. The minimum atomic E-state index is -0.700. The number of carbonyl (C=O) groups is 1. The lowest BCUT2D eigenvalue weighted by Gasteiger charge is -2.21. The maximum atomic E-state index is 12.0. The predicted octanol–water partition coefficient (Wildman–Crippen LogP) is 5.48. The van der Waals surface area contributed by atoms with Crippen molar-refractivity contribution >= 4 is 17.6 Å². The van der Waals surface area contributed by atoms with E-state index < -0.39 is 17.1 Å². The highest BCUT2D eigenvalue weighted by molar-refractivity contribution is 5.83. The number of benzene rings is 1. The number of nitrogen functional groups attached to an aromatic ring is 2. The van der Waals surface area contributed by atoms with Gasteiger partial charge in [-0.3, -0.25) is 0 Å². The fourth-order valence-electron chi connectivity index (χ4n) is 3.39. The Hall–Kier alpha value is -3.78. The van der Waals surface area contributed by atoms with Gasteiger partial charge >= 0.3 is 12.2 Å². The quantitative estimate of drug-likeness (QED) is 0.596. The number of nitrogens with two attached hydrogens (primary N) is 2. The molecule has 1 amide bonds. The maximum absolute atomic E-state index is 12.0. The van der Waals surface area contributed by atoms with Crippen molar-refractivity contribution in [2.45, 2.75) is 53.6 Å². The van der Waals surface area contributed by atoms with E-state index in [1.807, 2.05) is 6.92 Å². The summed E-state index contributed by atoms with van der Waals surface area (Å²) in [6.45, 7) is 11.5. The van der Waals surface area contributed by atoms with E-state index in [-0.39, 0.29) is 12.4 Å². The van der Waals surface area contributed by atoms with Gasteiger partial charge in [0.05, 0.1) is 16.1 Å². The number of nitrogens with zero attached hydrogens (tertiary/aromatic N) is 3. The number of aromatic nitrogens is 1. The number of anilines is 2. The number of ether oxygens (including phenoxy) is 2. The first-order valence-corrected chi connectivity index (χ1v) is 10.7. The van der Waals surface area contributed by atoms with Crippen molar-refractivity contribution < 1.29 is 14.3 Å². The van der Waals surface area contributed by atoms with Crippen molar-refractivity contribution in [2.24, 2.45) is 11.3 Å². The molecule has 1 atom stereocenters. The molecule has 0 spiro atoms. The molecule has 174 valence electrons. The van der Waals surface area contributed by atoms with E-state index in [0.717, 1.165) is 5.56 Å². The molecule has 0 bridgehead atoms. The molecule has 0 fully saturated rings. The number of carbonyl (C=O) groups excluding carboxylic acids is 1. The van der Waals surface area contributed by atoms with Gasteiger partial charge in [0.25, 0.3) is 0 Å². The van der Waals surface area contributed by atoms with Gasteiger partial charge in [0, 0.05) is 11.8 Å². The minimum absolute atomic E-state index is 0.176. The molecule has 1 aromatic heterocycles. The standard InChI is InChI=1S/C25H32N5O3/c1-16(2)12-25(6,14-30-23(31)33-24(3,4)5)15-32-20-8-7-17(11-18(20)13-26)19-9-10-29-22(28)21(19)27/h7-11,16H,12,15,27H2,1-6H3,(H2,28,29)/q+1/t25-/m1/s1. The van der Waals surface area contributed by atoms with Crippen LogP contribution in [0.3, 0.4) is 0 Å². The summed E-state index contributed by atoms with van der Waals surface area (Å²) in [7, 11) is 0. The van der Waals surface area contributed by atoms with E-state index in [2.05, 4.69) is 35.8 Å². The van der Waals surface area contributed by atoms with E-state index in [0.29, 0.717) is 34.9 Å². The Morgan fingerprint density at radius 2 is 1.91 bits per heavy atom. The maximum Gasteiger partial charge on any atom is 0.728 e. The van der Waals surface area contributed by atoms with Crippen molar-refractivity contribution in [3.05, 3.63) is 40.9 Å². The van der Waals surface area contributed by atoms with Crippen molar-refractivity contribution in [3.8, 4) is 29.0 Å². The summed E-state index contributed by atoms with van der Waals surface area (Å²) < 4.78 is 11.2. The van der Waals surface area contributed by atoms with Crippen LogP contribution in [0.2, 0.25) is 0 Å². The van der Waals surface area contributed by atoms with Crippen LogP contribution in [0.5, 0.6) is 5.75 Å². The minimum Gasteiger partial charge on any atom is -0.490 e. The summed E-state index contributed by atoms with van der Waals surface area (Å²) in [5.74, 6) is 0.948. The van der Waals surface area contributed by atoms with Crippen molar-refractivity contribution in [2.75, 3.05) is 18.1 Å². The second kappa shape index (κ2) is 10.2. The molecule has 0 aliphatic rings. The first kappa shape index (κ1) is 25.5. The lowest BCUT2D eigenvalue weighted by Crippen LogP contribution is -2.26. The summed E-state index contributed by atoms with van der Waals surface area (Å²) in [5, 5.41) is 9.68. The third-order valence-electron chi connectivity index (χ3n) is 4.65. The monoisotopic (exact) mass is 450 g/mol. The van der Waals surface area contributed by atoms with Gasteiger partial charge in [0.15, 0.2) is 0 Å². The Balaban J connectivity index is 2.28. The first-order chi connectivity index (χ1) is 15.3. The molecular weight excluding hydrogens is 418 g/mol. The zero-order valence-corrected chi connectivity index (χ0v) is 20.1. The van der Waals surface area contributed by atoms with Crippen LogP contribution in [-0.2, 0) is 4.74 Å². The summed E-state index contributed by atoms with van der Waals surface area (Å²) in [4.78, 5) is 19.9. The van der Waals surface area contributed by atoms with Crippen LogP contribution in [0, 0.1) is 28.7 Å². The molecule has 0 radical (unpaired) electrons. The van der Waals surface area contributed by atoms with Crippen LogP contribution < -0.4 is 16.2 Å². The van der Waals surface area contributed by atoms with Gasteiger partial charge < -0.3 is 20.9 Å². The highest BCUT2D eigenvalue weighted by Crippen LogP contribution is 2.33. The number of amides is 1. The van der Waals surface area contributed by atoms with Crippen LogP contribution >= 0.6 is 0 Å². The highest BCUT2D eigenvalue weighted by Gasteiger charge is 2.33. The topological polar surface area (TPSA) is 129 Å². The van der Waals surface area contributed by atoms with Crippen molar-refractivity contribution in [1.82, 2.24) is 4.98 Å². The number of rotatable bonds is 6. The fraction of sp³-hybridized carbons (Fsp3) is 0.440. The van der Waals surface area contributed by atoms with Gasteiger partial charge in [-0.1, -0.05) is 19.9 Å². The molecule has 0 unspecified atom stereocenters. The summed E-state index contributed by atoms with van der Waals surface area (Å²) in [5.41, 5.74) is 12.7. The molecule has 33 heavy (non-hydrogen) atoms. The first-order valence-electron chi connectivity index (χ1n) is 10.7. The molecule has 0 saturated heterocycles. The second-order valence-electron chi connectivity index (χ2n) is 9.63. The number of pyridine rings is 1. The van der Waals surface area contributed by atoms with Gasteiger partial charge in [-0.25, -0.2) is 4.98 Å². The van der Waals surface area contributed by atoms with Gasteiger partial charge in [-0.15, -0.1) is 0 Å². The van der Waals surface area contributed by atoms with Gasteiger partial charge in [-0.05, 0) is 63.8 Å². The Bertz CT molecular complexity index is 1120. The Morgan fingerprint density at radius 1 is 1.21 bits per heavy atom. The number of hydrogen-bond donors (Lipinski definition) is 2. The van der Waals surface area contributed by atoms with E-state index in [1.54, 1.807) is 51.2 Å². The molecule has 8 nitrogen and oxygen atoms in total. The average Bonchev–Trinajstić information content (AvgIpc) is 2.71. The van der Waals surface area contributed by atoms with E-state index in [9.17, 15) is 10.1 Å². The largest absolute Gasteiger partial charge is 0.728 e. The third-order valence-corrected chi connectivity index (χ3v) is 4.65. The van der Waals surface area contributed by atoms with Gasteiger partial charge in [-0.2, -0.15) is 10.1 Å². The molecular formula is C25H32N5O3+. The van der Waals surface area contributed by atoms with Crippen LogP contribution in [-0.4, -0.2) is 23.3 Å². The Kier molecular flexibility index (Phi) is 7.90. The molecule has 0 aliphatic heterocycles. The molecule has 8 heteroatoms. The number of nitriles is 1. The molecule has 4 N–H and O–H groups in total. The summed E-state index contributed by atoms with van der Waals surface area (Å²) >= 11 is 0. The predicted molar refractivity (Wildman–Crippen MR) is 130 cm³/mol. The normalized spacial score (nSPS) is 12.8. The lowest BCUT2D eigenvalue weighted by atomic mass is 9.84. The molecule has 2 aromatic rings. The van der Waals surface area contributed by atoms with E-state index in [1.165, 1.54) is 0 Å². The van der Waals surface area contributed by atoms with Crippen LogP contribution in [0.25, 0.3) is 16.0 Å². The SMILES string of the molecule is CC(C)C[C@](C)(C#[N+]C(=O)OC(C)(C)C)COc1ccc(-c2ccnc(N)c2N)cc1C#N. The Labute approximate surface area is 195 Å². The van der Waals surface area contributed by atoms with Gasteiger partial charge in [0.2, 0.25) is 0 Å².